The Balaban J connectivity index is 1.19. The molecule has 204 valence electrons. The monoisotopic (exact) mass is 535 g/mol. The summed E-state index contributed by atoms with van der Waals surface area (Å²) in [5, 5.41) is 2.30. The number of likely N-dealkylation sites (tertiary alicyclic amines) is 2. The second kappa shape index (κ2) is 9.71. The van der Waals surface area contributed by atoms with Crippen molar-refractivity contribution in [3.05, 3.63) is 53.0 Å². The van der Waals surface area contributed by atoms with Crippen molar-refractivity contribution in [2.24, 2.45) is 0 Å². The number of hydrogen-bond donors (Lipinski definition) is 1. The van der Waals surface area contributed by atoms with E-state index in [-0.39, 0.29) is 48.5 Å². The number of amides is 4. The lowest BCUT2D eigenvalue weighted by Gasteiger charge is -2.34. The summed E-state index contributed by atoms with van der Waals surface area (Å²) in [5.74, 6) is -1.49. The molecular formula is C28H30FN5O5. The lowest BCUT2D eigenvalue weighted by Crippen LogP contribution is -2.52. The van der Waals surface area contributed by atoms with Gasteiger partial charge in [-0.25, -0.2) is 9.18 Å². The standard InChI is InChI=1S/C28H30FN5O5/c1-39-27(38)34-11-2-8-28(34)9-12-32(16-28)14-18-7-10-30-24(23(18)29)17-3-4-20-19(13-17)15-33(26(20)37)21-5-6-22(35)31-25(21)36/h3-4,7,10,13,21H,2,5-6,8-9,11-12,14-16H2,1H3,(H,31,35,36). The van der Waals surface area contributed by atoms with Gasteiger partial charge in [-0.05, 0) is 49.4 Å². The zero-order chi connectivity index (χ0) is 27.3. The van der Waals surface area contributed by atoms with E-state index in [1.165, 1.54) is 12.0 Å². The smallest absolute Gasteiger partial charge is 0.409 e. The van der Waals surface area contributed by atoms with Crippen molar-refractivity contribution in [2.75, 3.05) is 26.7 Å². The summed E-state index contributed by atoms with van der Waals surface area (Å²) in [4.78, 5) is 58.9. The number of piperidine rings is 1. The lowest BCUT2D eigenvalue weighted by atomic mass is 9.95. The van der Waals surface area contributed by atoms with Crippen molar-refractivity contribution in [3.8, 4) is 11.3 Å². The van der Waals surface area contributed by atoms with E-state index < -0.39 is 17.8 Å². The molecule has 4 aliphatic rings. The number of halogens is 1. The number of aromatic nitrogens is 1. The highest BCUT2D eigenvalue weighted by atomic mass is 19.1. The van der Waals surface area contributed by atoms with Crippen LogP contribution in [-0.4, -0.2) is 81.8 Å². The number of carbonyl (C=O) groups excluding carboxylic acids is 4. The fourth-order valence-corrected chi connectivity index (χ4v) is 6.60. The molecule has 2 unspecified atom stereocenters. The molecule has 0 aliphatic carbocycles. The summed E-state index contributed by atoms with van der Waals surface area (Å²) in [6.45, 7) is 2.70. The van der Waals surface area contributed by atoms with Crippen LogP contribution in [0.4, 0.5) is 9.18 Å². The molecule has 3 fully saturated rings. The van der Waals surface area contributed by atoms with Gasteiger partial charge in [0.1, 0.15) is 11.7 Å². The van der Waals surface area contributed by atoms with Crippen molar-refractivity contribution in [3.63, 3.8) is 0 Å². The third-order valence-corrected chi connectivity index (χ3v) is 8.56. The fourth-order valence-electron chi connectivity index (χ4n) is 6.60. The van der Waals surface area contributed by atoms with Gasteiger partial charge in [0.15, 0.2) is 5.82 Å². The van der Waals surface area contributed by atoms with E-state index in [0.29, 0.717) is 41.9 Å². The van der Waals surface area contributed by atoms with Gasteiger partial charge in [0.25, 0.3) is 5.91 Å². The number of methoxy groups -OCH3 is 1. The fraction of sp³-hybridized carbons (Fsp3) is 0.464. The summed E-state index contributed by atoms with van der Waals surface area (Å²) in [6, 6.07) is 6.06. The first-order chi connectivity index (χ1) is 18.8. The number of fused-ring (bicyclic) bond motifs is 1. The molecule has 2 aromatic rings. The topological polar surface area (TPSA) is 112 Å². The zero-order valence-corrected chi connectivity index (χ0v) is 21.7. The van der Waals surface area contributed by atoms with E-state index in [2.05, 4.69) is 15.2 Å². The second-order valence-electron chi connectivity index (χ2n) is 10.8. The van der Waals surface area contributed by atoms with Gasteiger partial charge in [-0.2, -0.15) is 0 Å². The van der Waals surface area contributed by atoms with E-state index in [1.807, 2.05) is 4.90 Å². The number of hydrogen-bond acceptors (Lipinski definition) is 7. The van der Waals surface area contributed by atoms with E-state index in [9.17, 15) is 19.2 Å². The van der Waals surface area contributed by atoms with Gasteiger partial charge in [-0.15, -0.1) is 0 Å². The van der Waals surface area contributed by atoms with Crippen LogP contribution in [0.2, 0.25) is 0 Å². The predicted molar refractivity (Wildman–Crippen MR) is 137 cm³/mol. The Labute approximate surface area is 225 Å². The minimum Gasteiger partial charge on any atom is -0.453 e. The Hall–Kier alpha value is -3.86. The normalized spacial score (nSPS) is 25.0. The van der Waals surface area contributed by atoms with Crippen LogP contribution in [0.25, 0.3) is 11.3 Å². The van der Waals surface area contributed by atoms with E-state index in [1.54, 1.807) is 30.5 Å². The third-order valence-electron chi connectivity index (χ3n) is 8.56. The van der Waals surface area contributed by atoms with Gasteiger partial charge in [-0.1, -0.05) is 6.07 Å². The molecule has 1 N–H and O–H groups in total. The molecule has 0 radical (unpaired) electrons. The first kappa shape index (κ1) is 25.4. The molecule has 0 bridgehead atoms. The number of nitrogens with zero attached hydrogens (tertiary/aromatic N) is 4. The van der Waals surface area contributed by atoms with Gasteiger partial charge >= 0.3 is 6.09 Å². The van der Waals surface area contributed by atoms with Crippen LogP contribution >= 0.6 is 0 Å². The average molecular weight is 536 g/mol. The maximum atomic E-state index is 15.8. The number of rotatable bonds is 4. The minimum absolute atomic E-state index is 0.183. The van der Waals surface area contributed by atoms with Crippen molar-refractivity contribution in [1.82, 2.24) is 25.0 Å². The Kier molecular flexibility index (Phi) is 6.33. The molecule has 4 amide bonds. The molecule has 1 aromatic heterocycles. The maximum absolute atomic E-state index is 15.8. The number of ether oxygens (including phenoxy) is 1. The Morgan fingerprint density at radius 3 is 2.85 bits per heavy atom. The Bertz CT molecular complexity index is 1380. The van der Waals surface area contributed by atoms with Crippen molar-refractivity contribution < 1.29 is 28.3 Å². The first-order valence-electron chi connectivity index (χ1n) is 13.3. The molecule has 10 nitrogen and oxygen atoms in total. The SMILES string of the molecule is COC(=O)N1CCCC12CCN(Cc1ccnc(-c3ccc4c(c3)CN(C3CCC(=O)NC3=O)C4=O)c1F)C2. The summed E-state index contributed by atoms with van der Waals surface area (Å²) in [7, 11) is 1.40. The molecule has 39 heavy (non-hydrogen) atoms. The van der Waals surface area contributed by atoms with Gasteiger partial charge in [0.2, 0.25) is 11.8 Å². The summed E-state index contributed by atoms with van der Waals surface area (Å²) >= 11 is 0. The van der Waals surface area contributed by atoms with Gasteiger partial charge < -0.3 is 14.5 Å². The van der Waals surface area contributed by atoms with Gasteiger partial charge in [0.05, 0.1) is 12.6 Å². The van der Waals surface area contributed by atoms with E-state index in [0.717, 1.165) is 25.8 Å². The van der Waals surface area contributed by atoms with E-state index >= 15 is 4.39 Å². The summed E-state index contributed by atoms with van der Waals surface area (Å²) < 4.78 is 20.8. The molecule has 4 aliphatic heterocycles. The van der Waals surface area contributed by atoms with Crippen LogP contribution in [0.5, 0.6) is 0 Å². The quantitative estimate of drug-likeness (QED) is 0.599. The lowest BCUT2D eigenvalue weighted by molar-refractivity contribution is -0.136. The van der Waals surface area contributed by atoms with Crippen LogP contribution in [0, 0.1) is 5.82 Å². The number of pyridine rings is 1. The molecule has 11 heteroatoms. The van der Waals surface area contributed by atoms with Crippen molar-refractivity contribution in [2.45, 2.75) is 56.8 Å². The maximum Gasteiger partial charge on any atom is 0.409 e. The highest BCUT2D eigenvalue weighted by Crippen LogP contribution is 2.39. The van der Waals surface area contributed by atoms with Crippen LogP contribution in [0.15, 0.2) is 30.5 Å². The Morgan fingerprint density at radius 2 is 2.05 bits per heavy atom. The van der Waals surface area contributed by atoms with Crippen LogP contribution in [0.1, 0.15) is 53.6 Å². The van der Waals surface area contributed by atoms with Gasteiger partial charge in [-0.3, -0.25) is 29.6 Å². The predicted octanol–water partition coefficient (Wildman–Crippen LogP) is 2.46. The molecule has 6 rings (SSSR count). The molecule has 0 saturated carbocycles. The summed E-state index contributed by atoms with van der Waals surface area (Å²) in [5.41, 5.74) is 2.17. The third kappa shape index (κ3) is 4.34. The second-order valence-corrected chi connectivity index (χ2v) is 10.8. The van der Waals surface area contributed by atoms with Crippen LogP contribution in [-0.2, 0) is 27.4 Å². The molecule has 3 saturated heterocycles. The molecule has 5 heterocycles. The minimum atomic E-state index is -0.706. The largest absolute Gasteiger partial charge is 0.453 e. The number of carbonyl (C=O) groups is 4. The van der Waals surface area contributed by atoms with Crippen LogP contribution in [0.3, 0.4) is 0 Å². The highest BCUT2D eigenvalue weighted by molar-refractivity contribution is 6.05. The van der Waals surface area contributed by atoms with Crippen molar-refractivity contribution >= 4 is 23.8 Å². The molecule has 1 spiro atoms. The molecule has 1 aromatic carbocycles. The zero-order valence-electron chi connectivity index (χ0n) is 21.7. The highest BCUT2D eigenvalue weighted by Gasteiger charge is 2.48. The number of imide groups is 1. The first-order valence-corrected chi connectivity index (χ1v) is 13.3. The summed E-state index contributed by atoms with van der Waals surface area (Å²) in [6.07, 6.45) is 4.41. The van der Waals surface area contributed by atoms with Crippen LogP contribution < -0.4 is 5.32 Å². The van der Waals surface area contributed by atoms with E-state index in [4.69, 9.17) is 4.74 Å². The average Bonchev–Trinajstić information content (AvgIpc) is 3.62. The van der Waals surface area contributed by atoms with Gasteiger partial charge in [0, 0.05) is 62.0 Å². The number of benzene rings is 1. The molecular weight excluding hydrogens is 505 g/mol. The molecule has 2 atom stereocenters. The number of nitrogens with one attached hydrogen (secondary N) is 1. The Morgan fingerprint density at radius 1 is 1.21 bits per heavy atom. The van der Waals surface area contributed by atoms with Crippen molar-refractivity contribution in [1.29, 1.82) is 0 Å².